The highest BCUT2D eigenvalue weighted by molar-refractivity contribution is 6.05. The van der Waals surface area contributed by atoms with Crippen molar-refractivity contribution >= 4 is 23.9 Å². The van der Waals surface area contributed by atoms with Crippen LogP contribution in [-0.2, 0) is 27.5 Å². The maximum absolute atomic E-state index is 12.8. The summed E-state index contributed by atoms with van der Waals surface area (Å²) in [5, 5.41) is 2.27. The fraction of sp³-hybridized carbons (Fsp3) is 0.238. The quantitative estimate of drug-likeness (QED) is 0.484. The first-order chi connectivity index (χ1) is 14.0. The van der Waals surface area contributed by atoms with Gasteiger partial charge in [0.05, 0.1) is 0 Å². The molecule has 1 unspecified atom stereocenters. The number of carbonyl (C=O) groups is 4. The van der Waals surface area contributed by atoms with Crippen molar-refractivity contribution in [2.75, 3.05) is 0 Å². The van der Waals surface area contributed by atoms with Crippen molar-refractivity contribution in [3.63, 3.8) is 0 Å². The van der Waals surface area contributed by atoms with Gasteiger partial charge in [-0.15, -0.1) is 0 Å². The number of piperidine rings is 1. The number of carbonyl (C=O) groups excluding carboxylic acids is 4. The Kier molecular flexibility index (Phi) is 4.99. The first-order valence-electron chi connectivity index (χ1n) is 9.17. The third-order valence-corrected chi connectivity index (χ3v) is 4.89. The lowest BCUT2D eigenvalue weighted by Gasteiger charge is -2.29. The highest BCUT2D eigenvalue weighted by atomic mass is 16.7. The average Bonchev–Trinajstić information content (AvgIpc) is 3.03. The molecule has 1 saturated heterocycles. The number of ether oxygens (including phenoxy) is 2. The van der Waals surface area contributed by atoms with Gasteiger partial charge in [0.15, 0.2) is 0 Å². The van der Waals surface area contributed by atoms with E-state index in [9.17, 15) is 19.2 Å². The van der Waals surface area contributed by atoms with E-state index in [-0.39, 0.29) is 24.8 Å². The van der Waals surface area contributed by atoms with E-state index >= 15 is 0 Å². The van der Waals surface area contributed by atoms with Crippen LogP contribution >= 0.6 is 0 Å². The molecule has 1 atom stereocenters. The van der Waals surface area contributed by atoms with Crippen LogP contribution in [0.25, 0.3) is 0 Å². The summed E-state index contributed by atoms with van der Waals surface area (Å²) in [5.41, 5.74) is 1.88. The molecule has 2 aromatic rings. The van der Waals surface area contributed by atoms with Gasteiger partial charge in [-0.2, -0.15) is 0 Å². The van der Waals surface area contributed by atoms with E-state index in [1.807, 2.05) is 0 Å². The van der Waals surface area contributed by atoms with E-state index in [4.69, 9.17) is 9.47 Å². The zero-order valence-corrected chi connectivity index (χ0v) is 15.4. The smallest absolute Gasteiger partial charge is 0.429 e. The van der Waals surface area contributed by atoms with Gasteiger partial charge in [-0.25, -0.2) is 4.79 Å². The summed E-state index contributed by atoms with van der Waals surface area (Å²) in [4.78, 5) is 49.5. The first kappa shape index (κ1) is 18.7. The highest BCUT2D eigenvalue weighted by Crippen LogP contribution is 2.28. The molecule has 8 heteroatoms. The minimum atomic E-state index is -0.840. The number of hydrogen-bond acceptors (Lipinski definition) is 6. The number of amides is 3. The molecule has 8 nitrogen and oxygen atoms in total. The molecule has 0 aromatic heterocycles. The maximum Gasteiger partial charge on any atom is 0.514 e. The Bertz CT molecular complexity index is 988. The SMILES string of the molecule is O=C1CCC(N2Cc3ccc(COC(=O)Oc4ccccc4)cc3C2=O)C(=O)N1. The zero-order valence-electron chi connectivity index (χ0n) is 15.4. The second-order valence-electron chi connectivity index (χ2n) is 6.85. The normalized spacial score (nSPS) is 18.3. The lowest BCUT2D eigenvalue weighted by molar-refractivity contribution is -0.136. The lowest BCUT2D eigenvalue weighted by Crippen LogP contribution is -2.52. The van der Waals surface area contributed by atoms with Gasteiger partial charge in [0, 0.05) is 18.5 Å². The summed E-state index contributed by atoms with van der Waals surface area (Å²) in [6.07, 6.45) is -0.321. The van der Waals surface area contributed by atoms with E-state index in [0.717, 1.165) is 5.56 Å². The monoisotopic (exact) mass is 394 g/mol. The van der Waals surface area contributed by atoms with Gasteiger partial charge in [0.1, 0.15) is 18.4 Å². The van der Waals surface area contributed by atoms with Crippen LogP contribution in [0.5, 0.6) is 5.75 Å². The number of fused-ring (bicyclic) bond motifs is 1. The van der Waals surface area contributed by atoms with Crippen LogP contribution in [0.3, 0.4) is 0 Å². The number of para-hydroxylation sites is 1. The third kappa shape index (κ3) is 3.96. The highest BCUT2D eigenvalue weighted by Gasteiger charge is 2.39. The number of benzene rings is 2. The van der Waals surface area contributed by atoms with E-state index < -0.39 is 18.1 Å². The Morgan fingerprint density at radius 3 is 2.66 bits per heavy atom. The number of imide groups is 1. The lowest BCUT2D eigenvalue weighted by atomic mass is 10.0. The topological polar surface area (TPSA) is 102 Å². The first-order valence-corrected chi connectivity index (χ1v) is 9.17. The minimum absolute atomic E-state index is 0.0509. The molecule has 0 radical (unpaired) electrons. The standard InChI is InChI=1S/C21H18N2O6/c24-18-9-8-17(19(25)22-18)23-11-14-7-6-13(10-16(14)20(23)26)12-28-21(27)29-15-4-2-1-3-5-15/h1-7,10,17H,8-9,11-12H2,(H,22,24,25). The van der Waals surface area contributed by atoms with Crippen molar-refractivity contribution in [3.05, 3.63) is 65.2 Å². The number of nitrogens with zero attached hydrogens (tertiary/aromatic N) is 1. The molecular formula is C21H18N2O6. The molecule has 2 aliphatic heterocycles. The van der Waals surface area contributed by atoms with Gasteiger partial charge in [-0.3, -0.25) is 19.7 Å². The Labute approximate surface area is 166 Å². The molecule has 2 aliphatic rings. The van der Waals surface area contributed by atoms with Crippen LogP contribution < -0.4 is 10.1 Å². The van der Waals surface area contributed by atoms with Gasteiger partial charge in [-0.1, -0.05) is 30.3 Å². The van der Waals surface area contributed by atoms with Crippen LogP contribution in [0.1, 0.15) is 34.3 Å². The van der Waals surface area contributed by atoms with Crippen molar-refractivity contribution in [3.8, 4) is 5.75 Å². The van der Waals surface area contributed by atoms with Gasteiger partial charge < -0.3 is 14.4 Å². The van der Waals surface area contributed by atoms with Crippen LogP contribution in [0, 0.1) is 0 Å². The van der Waals surface area contributed by atoms with E-state index in [2.05, 4.69) is 5.32 Å². The Morgan fingerprint density at radius 1 is 1.10 bits per heavy atom. The molecule has 0 saturated carbocycles. The second kappa shape index (κ2) is 7.75. The summed E-state index contributed by atoms with van der Waals surface area (Å²) in [7, 11) is 0. The second-order valence-corrected chi connectivity index (χ2v) is 6.85. The third-order valence-electron chi connectivity index (χ3n) is 4.89. The van der Waals surface area contributed by atoms with Crippen LogP contribution in [0.2, 0.25) is 0 Å². The summed E-state index contributed by atoms with van der Waals surface area (Å²) >= 11 is 0. The van der Waals surface area contributed by atoms with Gasteiger partial charge >= 0.3 is 6.16 Å². The van der Waals surface area contributed by atoms with E-state index in [0.29, 0.717) is 29.8 Å². The number of hydrogen-bond donors (Lipinski definition) is 1. The Morgan fingerprint density at radius 2 is 1.90 bits per heavy atom. The molecule has 4 rings (SSSR count). The molecule has 3 amide bonds. The summed E-state index contributed by atoms with van der Waals surface area (Å²) in [6.45, 7) is 0.252. The zero-order chi connectivity index (χ0) is 20.4. The minimum Gasteiger partial charge on any atom is -0.429 e. The van der Waals surface area contributed by atoms with Crippen molar-refractivity contribution in [1.29, 1.82) is 0 Å². The summed E-state index contributed by atoms with van der Waals surface area (Å²) in [5.74, 6) is -0.670. The van der Waals surface area contributed by atoms with Crippen molar-refractivity contribution in [1.82, 2.24) is 10.2 Å². The fourth-order valence-corrected chi connectivity index (χ4v) is 3.45. The van der Waals surface area contributed by atoms with Crippen LogP contribution in [-0.4, -0.2) is 34.8 Å². The Balaban J connectivity index is 1.39. The molecule has 0 spiro atoms. The predicted octanol–water partition coefficient (Wildman–Crippen LogP) is 2.16. The number of rotatable bonds is 4. The molecule has 148 valence electrons. The average molecular weight is 394 g/mol. The molecule has 1 fully saturated rings. The summed E-state index contributed by atoms with van der Waals surface area (Å²) < 4.78 is 10.2. The van der Waals surface area contributed by atoms with Crippen molar-refractivity contribution in [2.24, 2.45) is 0 Å². The molecule has 0 bridgehead atoms. The maximum atomic E-state index is 12.8. The molecule has 29 heavy (non-hydrogen) atoms. The van der Waals surface area contributed by atoms with E-state index in [1.165, 1.54) is 4.90 Å². The van der Waals surface area contributed by atoms with Gasteiger partial charge in [0.2, 0.25) is 11.8 Å². The molecular weight excluding hydrogens is 376 g/mol. The van der Waals surface area contributed by atoms with Gasteiger partial charge in [-0.05, 0) is 35.7 Å². The number of nitrogens with one attached hydrogen (secondary N) is 1. The fourth-order valence-electron chi connectivity index (χ4n) is 3.45. The summed E-state index contributed by atoms with van der Waals surface area (Å²) in [6, 6.07) is 13.1. The molecule has 1 N–H and O–H groups in total. The molecule has 0 aliphatic carbocycles. The van der Waals surface area contributed by atoms with Gasteiger partial charge in [0.25, 0.3) is 5.91 Å². The van der Waals surface area contributed by atoms with Crippen molar-refractivity contribution < 1.29 is 28.7 Å². The van der Waals surface area contributed by atoms with E-state index in [1.54, 1.807) is 48.5 Å². The molecule has 2 heterocycles. The largest absolute Gasteiger partial charge is 0.514 e. The molecule has 2 aromatic carbocycles. The van der Waals surface area contributed by atoms with Crippen LogP contribution in [0.4, 0.5) is 4.79 Å². The predicted molar refractivity (Wildman–Crippen MR) is 99.7 cm³/mol. The van der Waals surface area contributed by atoms with Crippen molar-refractivity contribution in [2.45, 2.75) is 32.0 Å². The van der Waals surface area contributed by atoms with Crippen LogP contribution in [0.15, 0.2) is 48.5 Å². The Hall–Kier alpha value is -3.68.